The zero-order chi connectivity index (χ0) is 19.5. The van der Waals surface area contributed by atoms with Gasteiger partial charge >= 0.3 is 0 Å². The second kappa shape index (κ2) is 8.31. The molecule has 0 radical (unpaired) electrons. The van der Waals surface area contributed by atoms with Gasteiger partial charge in [0.25, 0.3) is 0 Å². The molecule has 0 bridgehead atoms. The molecule has 4 rings (SSSR count). The molecular weight excluding hydrogens is 351 g/mol. The van der Waals surface area contributed by atoms with E-state index in [0.717, 1.165) is 74.8 Å². The van der Waals surface area contributed by atoms with Gasteiger partial charge in [0.2, 0.25) is 0 Å². The van der Waals surface area contributed by atoms with Crippen molar-refractivity contribution >= 4 is 11.5 Å². The number of hydrogen-bond donors (Lipinski definition) is 0. The SMILES string of the molecule is C=C(c1cccc(N2CCN(C)CC2)n1)N1CCCC[C@@H]1c1ccccc1F. The molecule has 2 aromatic rings. The molecular formula is C23H29FN4. The van der Waals surface area contributed by atoms with Crippen molar-refractivity contribution in [2.24, 2.45) is 0 Å². The number of pyridine rings is 1. The van der Waals surface area contributed by atoms with E-state index in [9.17, 15) is 4.39 Å². The molecule has 28 heavy (non-hydrogen) atoms. The number of rotatable bonds is 4. The predicted octanol–water partition coefficient (Wildman–Crippen LogP) is 4.17. The molecule has 4 nitrogen and oxygen atoms in total. The van der Waals surface area contributed by atoms with Crippen LogP contribution >= 0.6 is 0 Å². The molecule has 148 valence electrons. The minimum atomic E-state index is -0.133. The average Bonchev–Trinajstić information content (AvgIpc) is 2.74. The molecule has 2 aliphatic heterocycles. The van der Waals surface area contributed by atoms with Crippen LogP contribution in [0.25, 0.3) is 5.70 Å². The van der Waals surface area contributed by atoms with Crippen LogP contribution in [-0.4, -0.2) is 54.6 Å². The summed E-state index contributed by atoms with van der Waals surface area (Å²) in [4.78, 5) is 11.8. The third-order valence-electron chi connectivity index (χ3n) is 5.97. The molecule has 0 spiro atoms. The Morgan fingerprint density at radius 3 is 2.57 bits per heavy atom. The van der Waals surface area contributed by atoms with Crippen molar-refractivity contribution in [3.63, 3.8) is 0 Å². The number of piperazine rings is 1. The van der Waals surface area contributed by atoms with Crippen LogP contribution in [0, 0.1) is 5.82 Å². The van der Waals surface area contributed by atoms with Gasteiger partial charge in [0.1, 0.15) is 11.6 Å². The van der Waals surface area contributed by atoms with Crippen LogP contribution in [0.2, 0.25) is 0 Å². The Balaban J connectivity index is 1.57. The highest BCUT2D eigenvalue weighted by molar-refractivity contribution is 5.61. The van der Waals surface area contributed by atoms with E-state index < -0.39 is 0 Å². The first-order chi connectivity index (χ1) is 13.6. The Kier molecular flexibility index (Phi) is 5.62. The minimum Gasteiger partial charge on any atom is -0.363 e. The molecule has 1 atom stereocenters. The van der Waals surface area contributed by atoms with Crippen molar-refractivity contribution in [2.75, 3.05) is 44.7 Å². The lowest BCUT2D eigenvalue weighted by molar-refractivity contribution is 0.225. The minimum absolute atomic E-state index is 0.0246. The maximum atomic E-state index is 14.5. The van der Waals surface area contributed by atoms with Gasteiger partial charge in [-0.1, -0.05) is 30.8 Å². The molecule has 2 fully saturated rings. The summed E-state index contributed by atoms with van der Waals surface area (Å²) < 4.78 is 14.5. The summed E-state index contributed by atoms with van der Waals surface area (Å²) in [5.41, 5.74) is 2.54. The summed E-state index contributed by atoms with van der Waals surface area (Å²) in [5.74, 6) is 0.873. The summed E-state index contributed by atoms with van der Waals surface area (Å²) in [6.45, 7) is 9.33. The van der Waals surface area contributed by atoms with Gasteiger partial charge in [0, 0.05) is 38.3 Å². The lowest BCUT2D eigenvalue weighted by Gasteiger charge is -2.39. The highest BCUT2D eigenvalue weighted by Gasteiger charge is 2.28. The Bertz CT molecular complexity index is 829. The molecule has 5 heteroatoms. The van der Waals surface area contributed by atoms with Gasteiger partial charge in [-0.2, -0.15) is 0 Å². The van der Waals surface area contributed by atoms with E-state index in [2.05, 4.69) is 40.5 Å². The number of anilines is 1. The molecule has 0 N–H and O–H groups in total. The Morgan fingerprint density at radius 2 is 1.79 bits per heavy atom. The van der Waals surface area contributed by atoms with E-state index in [-0.39, 0.29) is 11.9 Å². The van der Waals surface area contributed by atoms with E-state index in [4.69, 9.17) is 4.98 Å². The normalized spacial score (nSPS) is 21.0. The molecule has 1 aromatic carbocycles. The lowest BCUT2D eigenvalue weighted by Crippen LogP contribution is -2.44. The molecule has 0 amide bonds. The maximum absolute atomic E-state index is 14.5. The number of aromatic nitrogens is 1. The number of likely N-dealkylation sites (tertiary alicyclic amines) is 1. The smallest absolute Gasteiger partial charge is 0.129 e. The number of likely N-dealkylation sites (N-methyl/N-ethyl adjacent to an activating group) is 1. The van der Waals surface area contributed by atoms with Crippen LogP contribution in [-0.2, 0) is 0 Å². The van der Waals surface area contributed by atoms with Gasteiger partial charge in [-0.05, 0) is 44.5 Å². The molecule has 0 saturated carbocycles. The van der Waals surface area contributed by atoms with Crippen LogP contribution in [0.1, 0.15) is 36.6 Å². The van der Waals surface area contributed by atoms with Gasteiger partial charge in [-0.15, -0.1) is 0 Å². The van der Waals surface area contributed by atoms with Crippen molar-refractivity contribution in [3.05, 3.63) is 66.1 Å². The predicted molar refractivity (Wildman–Crippen MR) is 113 cm³/mol. The Morgan fingerprint density at radius 1 is 1.00 bits per heavy atom. The number of piperidine rings is 1. The van der Waals surface area contributed by atoms with Crippen molar-refractivity contribution < 1.29 is 4.39 Å². The van der Waals surface area contributed by atoms with Gasteiger partial charge in [0.05, 0.1) is 17.4 Å². The summed E-state index contributed by atoms with van der Waals surface area (Å²) in [6, 6.07) is 13.3. The highest BCUT2D eigenvalue weighted by atomic mass is 19.1. The van der Waals surface area contributed by atoms with Gasteiger partial charge in [-0.3, -0.25) is 0 Å². The van der Waals surface area contributed by atoms with E-state index in [1.807, 2.05) is 18.2 Å². The fraction of sp³-hybridized carbons (Fsp3) is 0.435. The van der Waals surface area contributed by atoms with E-state index >= 15 is 0 Å². The summed E-state index contributed by atoms with van der Waals surface area (Å²) in [6.07, 6.45) is 3.15. The van der Waals surface area contributed by atoms with Crippen LogP contribution in [0.3, 0.4) is 0 Å². The number of benzene rings is 1. The van der Waals surface area contributed by atoms with E-state index in [1.54, 1.807) is 12.1 Å². The van der Waals surface area contributed by atoms with E-state index in [1.165, 1.54) is 0 Å². The van der Waals surface area contributed by atoms with Crippen LogP contribution < -0.4 is 4.90 Å². The summed E-state index contributed by atoms with van der Waals surface area (Å²) in [5, 5.41) is 0. The first-order valence-corrected chi connectivity index (χ1v) is 10.2. The van der Waals surface area contributed by atoms with Crippen molar-refractivity contribution in [1.82, 2.24) is 14.8 Å². The molecule has 0 aliphatic carbocycles. The lowest BCUT2D eigenvalue weighted by atomic mass is 9.94. The fourth-order valence-corrected chi connectivity index (χ4v) is 4.27. The third-order valence-corrected chi connectivity index (χ3v) is 5.97. The second-order valence-corrected chi connectivity index (χ2v) is 7.84. The zero-order valence-electron chi connectivity index (χ0n) is 16.6. The van der Waals surface area contributed by atoms with Crippen LogP contribution in [0.5, 0.6) is 0 Å². The van der Waals surface area contributed by atoms with Gasteiger partial charge in [0.15, 0.2) is 0 Å². The average molecular weight is 381 g/mol. The molecule has 3 heterocycles. The largest absolute Gasteiger partial charge is 0.363 e. The number of nitrogens with zero attached hydrogens (tertiary/aromatic N) is 4. The van der Waals surface area contributed by atoms with Gasteiger partial charge in [-0.25, -0.2) is 9.37 Å². The van der Waals surface area contributed by atoms with Crippen molar-refractivity contribution in [3.8, 4) is 0 Å². The van der Waals surface area contributed by atoms with Crippen molar-refractivity contribution in [1.29, 1.82) is 0 Å². The monoisotopic (exact) mass is 380 g/mol. The second-order valence-electron chi connectivity index (χ2n) is 7.84. The Labute approximate surface area is 167 Å². The highest BCUT2D eigenvalue weighted by Crippen LogP contribution is 2.37. The molecule has 0 unspecified atom stereocenters. The van der Waals surface area contributed by atoms with Crippen LogP contribution in [0.15, 0.2) is 49.0 Å². The molecule has 1 aromatic heterocycles. The van der Waals surface area contributed by atoms with E-state index in [0.29, 0.717) is 0 Å². The fourth-order valence-electron chi connectivity index (χ4n) is 4.27. The molecule has 2 aliphatic rings. The summed E-state index contributed by atoms with van der Waals surface area (Å²) >= 11 is 0. The first-order valence-electron chi connectivity index (χ1n) is 10.2. The topological polar surface area (TPSA) is 22.6 Å². The third kappa shape index (κ3) is 3.90. The summed E-state index contributed by atoms with van der Waals surface area (Å²) in [7, 11) is 2.16. The van der Waals surface area contributed by atoms with Crippen molar-refractivity contribution in [2.45, 2.75) is 25.3 Å². The first kappa shape index (κ1) is 18.9. The maximum Gasteiger partial charge on any atom is 0.129 e. The molecule has 2 saturated heterocycles. The van der Waals surface area contributed by atoms with Crippen LogP contribution in [0.4, 0.5) is 10.2 Å². The zero-order valence-corrected chi connectivity index (χ0v) is 16.6. The standard InChI is InChI=1S/C23H29FN4/c1-18(21-10-7-12-23(25-21)27-16-14-26(2)15-17-27)28-13-6-5-11-22(28)19-8-3-4-9-20(19)24/h3-4,7-10,12,22H,1,5-6,11,13-17H2,2H3/t22-/m1/s1. The Hall–Kier alpha value is -2.40. The van der Waals surface area contributed by atoms with Gasteiger partial charge < -0.3 is 14.7 Å². The number of hydrogen-bond acceptors (Lipinski definition) is 4. The quantitative estimate of drug-likeness (QED) is 0.794. The number of halogens is 1.